The van der Waals surface area contributed by atoms with Crippen molar-refractivity contribution in [1.29, 1.82) is 0 Å². The molecule has 1 heterocycles. The lowest BCUT2D eigenvalue weighted by molar-refractivity contribution is 0.0948. The monoisotopic (exact) mass is 311 g/mol. The summed E-state index contributed by atoms with van der Waals surface area (Å²) in [5, 5.41) is 12.0. The van der Waals surface area contributed by atoms with Crippen LogP contribution in [-0.4, -0.2) is 28.1 Å². The number of benzene rings is 1. The summed E-state index contributed by atoms with van der Waals surface area (Å²) in [7, 11) is 0. The molecule has 0 aliphatic carbocycles. The first-order chi connectivity index (χ1) is 9.26. The van der Waals surface area contributed by atoms with Crippen molar-refractivity contribution in [2.75, 3.05) is 6.54 Å². The predicted molar refractivity (Wildman–Crippen MR) is 87.0 cm³/mol. The molecular weight excluding hydrogens is 290 g/mol. The van der Waals surface area contributed by atoms with E-state index in [1.54, 1.807) is 0 Å². The Kier molecular flexibility index (Phi) is 8.50. The lowest BCUT2D eigenvalue weighted by atomic mass is 10.1. The third-order valence-electron chi connectivity index (χ3n) is 2.99. The Morgan fingerprint density at radius 1 is 1.19 bits per heavy atom. The number of carbonyl (C=O) groups excluding carboxylic acids is 1. The second-order valence-corrected chi connectivity index (χ2v) is 4.59. The van der Waals surface area contributed by atoms with Gasteiger partial charge in [-0.1, -0.05) is 38.5 Å². The molecule has 0 atom stereocenters. The highest BCUT2D eigenvalue weighted by Crippen LogP contribution is 2.17. The molecule has 0 unspecified atom stereocenters. The summed E-state index contributed by atoms with van der Waals surface area (Å²) in [5.74, 6) is -0.155. The van der Waals surface area contributed by atoms with Gasteiger partial charge in [-0.2, -0.15) is 0 Å². The van der Waals surface area contributed by atoms with Crippen molar-refractivity contribution >= 4 is 29.2 Å². The van der Waals surface area contributed by atoms with Gasteiger partial charge in [-0.05, 0) is 24.5 Å². The minimum atomic E-state index is -0.155. The Bertz CT molecular complexity index is 590. The average Bonchev–Trinajstić information content (AvgIpc) is 2.45. The van der Waals surface area contributed by atoms with Crippen LogP contribution >= 0.6 is 12.4 Å². The largest absolute Gasteiger partial charge is 0.412 e. The van der Waals surface area contributed by atoms with Crippen LogP contribution < -0.4 is 5.32 Å². The van der Waals surface area contributed by atoms with Crippen molar-refractivity contribution in [3.63, 3.8) is 0 Å². The molecule has 6 heteroatoms. The highest BCUT2D eigenvalue weighted by Gasteiger charge is 2.09. The van der Waals surface area contributed by atoms with Gasteiger partial charge in [0.15, 0.2) is 5.69 Å². The van der Waals surface area contributed by atoms with E-state index < -0.39 is 0 Å². The Morgan fingerprint density at radius 2 is 1.95 bits per heavy atom. The maximum atomic E-state index is 11.8. The number of carbonyl (C=O) groups is 1. The zero-order valence-electron chi connectivity index (χ0n) is 12.3. The first-order valence-corrected chi connectivity index (χ1v) is 6.79. The number of amides is 1. The molecule has 0 fully saturated rings. The summed E-state index contributed by atoms with van der Waals surface area (Å²) >= 11 is 0. The number of rotatable bonds is 5. The lowest BCUT2D eigenvalue weighted by Crippen LogP contribution is -2.25. The molecule has 2 aromatic rings. The smallest absolute Gasteiger partial charge is 0.271 e. The molecule has 3 N–H and O–H groups in total. The fourth-order valence-corrected chi connectivity index (χ4v) is 2.04. The molecule has 0 bridgehead atoms. The average molecular weight is 312 g/mol. The van der Waals surface area contributed by atoms with Gasteiger partial charge >= 0.3 is 0 Å². The minimum absolute atomic E-state index is 0. The van der Waals surface area contributed by atoms with Crippen molar-refractivity contribution in [2.24, 2.45) is 0 Å². The summed E-state index contributed by atoms with van der Waals surface area (Å²) in [6, 6.07) is 7.85. The topological polar surface area (TPSA) is 86.4 Å². The highest BCUT2D eigenvalue weighted by atomic mass is 35.5. The maximum absolute atomic E-state index is 11.8. The predicted octanol–water partition coefficient (Wildman–Crippen LogP) is 2.32. The van der Waals surface area contributed by atoms with E-state index in [-0.39, 0.29) is 23.8 Å². The van der Waals surface area contributed by atoms with Gasteiger partial charge in [0.1, 0.15) is 0 Å². The summed E-state index contributed by atoms with van der Waals surface area (Å²) < 4.78 is 0. The molecule has 0 saturated carbocycles. The van der Waals surface area contributed by atoms with E-state index in [1.807, 2.05) is 25.1 Å². The zero-order chi connectivity index (χ0) is 13.7. The van der Waals surface area contributed by atoms with Gasteiger partial charge in [0.2, 0.25) is 0 Å². The van der Waals surface area contributed by atoms with Gasteiger partial charge in [-0.15, -0.1) is 22.6 Å². The van der Waals surface area contributed by atoms with Crippen LogP contribution in [0.15, 0.2) is 24.3 Å². The number of nitrogens with zero attached hydrogens (tertiary/aromatic N) is 2. The number of hydrogen-bond acceptors (Lipinski definition) is 3. The van der Waals surface area contributed by atoms with Crippen LogP contribution in [0.25, 0.3) is 10.9 Å². The number of fused-ring (bicyclic) bond motifs is 1. The molecule has 2 rings (SSSR count). The molecule has 5 nitrogen and oxygen atoms in total. The molecule has 0 aliphatic heterocycles. The molecule has 0 radical (unpaired) electrons. The van der Waals surface area contributed by atoms with E-state index in [9.17, 15) is 4.79 Å². The third kappa shape index (κ3) is 4.65. The van der Waals surface area contributed by atoms with E-state index >= 15 is 0 Å². The van der Waals surface area contributed by atoms with Gasteiger partial charge in [0.25, 0.3) is 5.91 Å². The van der Waals surface area contributed by atoms with Gasteiger partial charge in [0.05, 0.1) is 5.52 Å². The second kappa shape index (κ2) is 9.26. The second-order valence-electron chi connectivity index (χ2n) is 4.59. The fourth-order valence-electron chi connectivity index (χ4n) is 2.04. The van der Waals surface area contributed by atoms with Crippen LogP contribution in [0.3, 0.4) is 0 Å². The molecule has 1 aromatic carbocycles. The maximum Gasteiger partial charge on any atom is 0.271 e. The van der Waals surface area contributed by atoms with E-state index in [2.05, 4.69) is 28.5 Å². The van der Waals surface area contributed by atoms with Crippen molar-refractivity contribution in [3.05, 3.63) is 35.5 Å². The summed E-state index contributed by atoms with van der Waals surface area (Å²) in [4.78, 5) is 11.8. The van der Waals surface area contributed by atoms with Crippen molar-refractivity contribution in [1.82, 2.24) is 15.5 Å². The quantitative estimate of drug-likeness (QED) is 0.919. The SMILES string of the molecule is CCCNC(=O)c1cc2cccc(CCC)c2nn1.Cl.O. The van der Waals surface area contributed by atoms with E-state index in [0.29, 0.717) is 12.2 Å². The summed E-state index contributed by atoms with van der Waals surface area (Å²) in [5.41, 5.74) is 2.47. The number of halogens is 1. The van der Waals surface area contributed by atoms with Gasteiger partial charge in [-0.25, -0.2) is 0 Å². The molecule has 116 valence electrons. The number of hydrogen-bond donors (Lipinski definition) is 1. The molecular formula is C15H22ClN3O2. The van der Waals surface area contributed by atoms with Crippen LogP contribution in [0.4, 0.5) is 0 Å². The standard InChI is InChI=1S/C15H19N3O.ClH.H2O/c1-3-6-11-7-5-8-12-10-13(17-18-14(11)12)15(19)16-9-4-2;;/h5,7-8,10H,3-4,6,9H2,1-2H3,(H,16,19);1H;1H2. The summed E-state index contributed by atoms with van der Waals surface area (Å²) in [6.45, 7) is 4.82. The van der Waals surface area contributed by atoms with Gasteiger partial charge in [-0.3, -0.25) is 4.79 Å². The molecule has 0 spiro atoms. The van der Waals surface area contributed by atoms with Crippen LogP contribution in [0, 0.1) is 0 Å². The molecule has 1 aromatic heterocycles. The first kappa shape index (κ1) is 19.3. The van der Waals surface area contributed by atoms with Crippen molar-refractivity contribution in [3.8, 4) is 0 Å². The fraction of sp³-hybridized carbons (Fsp3) is 0.400. The van der Waals surface area contributed by atoms with Crippen molar-refractivity contribution < 1.29 is 10.3 Å². The highest BCUT2D eigenvalue weighted by molar-refractivity contribution is 5.95. The Hall–Kier alpha value is -1.72. The van der Waals surface area contributed by atoms with Crippen LogP contribution in [0.1, 0.15) is 42.7 Å². The molecule has 0 saturated heterocycles. The Morgan fingerprint density at radius 3 is 2.62 bits per heavy atom. The Labute approximate surface area is 130 Å². The van der Waals surface area contributed by atoms with Crippen LogP contribution in [0.5, 0.6) is 0 Å². The van der Waals surface area contributed by atoms with Crippen LogP contribution in [-0.2, 0) is 6.42 Å². The number of aryl methyl sites for hydroxylation is 1. The minimum Gasteiger partial charge on any atom is -0.412 e. The molecule has 0 aliphatic rings. The first-order valence-electron chi connectivity index (χ1n) is 6.79. The zero-order valence-corrected chi connectivity index (χ0v) is 13.2. The number of aromatic nitrogens is 2. The normalized spacial score (nSPS) is 9.62. The van der Waals surface area contributed by atoms with Crippen molar-refractivity contribution in [2.45, 2.75) is 33.1 Å². The molecule has 21 heavy (non-hydrogen) atoms. The van der Waals surface area contributed by atoms with Crippen LogP contribution in [0.2, 0.25) is 0 Å². The van der Waals surface area contributed by atoms with E-state index in [1.165, 1.54) is 5.56 Å². The number of nitrogens with one attached hydrogen (secondary N) is 1. The van der Waals surface area contributed by atoms with E-state index in [4.69, 9.17) is 0 Å². The lowest BCUT2D eigenvalue weighted by Gasteiger charge is -2.06. The van der Waals surface area contributed by atoms with Gasteiger partial charge in [0, 0.05) is 11.9 Å². The van der Waals surface area contributed by atoms with Gasteiger partial charge < -0.3 is 10.8 Å². The molecule has 1 amide bonds. The Balaban J connectivity index is 0.00000200. The van der Waals surface area contributed by atoms with E-state index in [0.717, 1.165) is 30.2 Å². The summed E-state index contributed by atoms with van der Waals surface area (Å²) in [6.07, 6.45) is 2.96. The third-order valence-corrected chi connectivity index (χ3v) is 2.99.